The molecule has 2 aliphatic rings. The number of nitrogens with two attached hydrogens (primary N) is 1. The van der Waals surface area contributed by atoms with Crippen LogP contribution >= 0.6 is 0 Å². The molecule has 4 heteroatoms. The summed E-state index contributed by atoms with van der Waals surface area (Å²) in [5.74, 6) is 0. The van der Waals surface area contributed by atoms with E-state index in [-0.39, 0.29) is 5.54 Å². The largest absolute Gasteiger partial charge is 0.383 e. The van der Waals surface area contributed by atoms with Gasteiger partial charge < -0.3 is 15.8 Å². The van der Waals surface area contributed by atoms with Crippen molar-refractivity contribution in [3.63, 3.8) is 0 Å². The van der Waals surface area contributed by atoms with E-state index in [0.29, 0.717) is 6.04 Å². The molecular formula is C12H25N3O. The van der Waals surface area contributed by atoms with E-state index in [0.717, 1.165) is 19.7 Å². The average Bonchev–Trinajstić information content (AvgIpc) is 2.70. The van der Waals surface area contributed by atoms with Crippen molar-refractivity contribution in [2.75, 3.05) is 39.9 Å². The molecule has 0 radical (unpaired) electrons. The van der Waals surface area contributed by atoms with Gasteiger partial charge in [0.1, 0.15) is 0 Å². The predicted octanol–water partition coefficient (Wildman–Crippen LogP) is 0.178. The number of hydrogen-bond donors (Lipinski definition) is 2. The summed E-state index contributed by atoms with van der Waals surface area (Å²) in [4.78, 5) is 2.62. The highest BCUT2D eigenvalue weighted by Gasteiger charge is 2.46. The van der Waals surface area contributed by atoms with Gasteiger partial charge in [0.25, 0.3) is 0 Å². The van der Waals surface area contributed by atoms with Crippen LogP contribution < -0.4 is 11.1 Å². The van der Waals surface area contributed by atoms with Crippen molar-refractivity contribution < 1.29 is 4.74 Å². The van der Waals surface area contributed by atoms with Crippen LogP contribution in [0.3, 0.4) is 0 Å². The van der Waals surface area contributed by atoms with Crippen molar-refractivity contribution in [3.05, 3.63) is 0 Å². The van der Waals surface area contributed by atoms with E-state index in [1.807, 2.05) is 0 Å². The minimum absolute atomic E-state index is 0.152. The van der Waals surface area contributed by atoms with Crippen molar-refractivity contribution in [3.8, 4) is 0 Å². The molecule has 4 nitrogen and oxygen atoms in total. The number of rotatable bonds is 5. The third-order valence-corrected chi connectivity index (χ3v) is 4.24. The van der Waals surface area contributed by atoms with Crippen molar-refractivity contribution in [2.45, 2.75) is 37.3 Å². The predicted molar refractivity (Wildman–Crippen MR) is 65.5 cm³/mol. The van der Waals surface area contributed by atoms with Crippen molar-refractivity contribution in [2.24, 2.45) is 5.73 Å². The molecule has 2 saturated heterocycles. The van der Waals surface area contributed by atoms with Crippen LogP contribution in [0.15, 0.2) is 0 Å². The van der Waals surface area contributed by atoms with Gasteiger partial charge in [-0.2, -0.15) is 0 Å². The van der Waals surface area contributed by atoms with Crippen LogP contribution in [0.4, 0.5) is 0 Å². The smallest absolute Gasteiger partial charge is 0.0587 e. The summed E-state index contributed by atoms with van der Waals surface area (Å²) in [7, 11) is 1.75. The molecule has 0 aromatic rings. The summed E-state index contributed by atoms with van der Waals surface area (Å²) in [6.07, 6.45) is 5.21. The Morgan fingerprint density at radius 3 is 3.06 bits per heavy atom. The van der Waals surface area contributed by atoms with Gasteiger partial charge in [0.15, 0.2) is 0 Å². The second kappa shape index (κ2) is 5.45. The van der Waals surface area contributed by atoms with Gasteiger partial charge in [-0.3, -0.25) is 4.90 Å². The van der Waals surface area contributed by atoms with E-state index in [4.69, 9.17) is 10.5 Å². The maximum Gasteiger partial charge on any atom is 0.0587 e. The van der Waals surface area contributed by atoms with Gasteiger partial charge >= 0.3 is 0 Å². The van der Waals surface area contributed by atoms with Crippen LogP contribution in [0, 0.1) is 0 Å². The average molecular weight is 227 g/mol. The van der Waals surface area contributed by atoms with E-state index < -0.39 is 0 Å². The lowest BCUT2D eigenvalue weighted by Gasteiger charge is -2.41. The first-order valence-electron chi connectivity index (χ1n) is 6.50. The second-order valence-corrected chi connectivity index (χ2v) is 5.08. The molecular weight excluding hydrogens is 202 g/mol. The molecule has 2 rings (SSSR count). The fourth-order valence-corrected chi connectivity index (χ4v) is 3.31. The molecule has 2 atom stereocenters. The normalized spacial score (nSPS) is 35.2. The molecule has 0 aromatic carbocycles. The molecule has 0 amide bonds. The topological polar surface area (TPSA) is 50.5 Å². The molecule has 2 unspecified atom stereocenters. The zero-order valence-electron chi connectivity index (χ0n) is 10.4. The van der Waals surface area contributed by atoms with E-state index in [2.05, 4.69) is 10.2 Å². The van der Waals surface area contributed by atoms with Gasteiger partial charge in [-0.05, 0) is 25.8 Å². The van der Waals surface area contributed by atoms with Crippen LogP contribution in [0.2, 0.25) is 0 Å². The van der Waals surface area contributed by atoms with Crippen LogP contribution in [-0.2, 0) is 4.74 Å². The zero-order valence-corrected chi connectivity index (χ0v) is 10.4. The number of fused-ring (bicyclic) bond motifs is 1. The number of nitrogens with one attached hydrogen (secondary N) is 1. The molecule has 0 bridgehead atoms. The lowest BCUT2D eigenvalue weighted by molar-refractivity contribution is 0.128. The van der Waals surface area contributed by atoms with E-state index in [1.165, 1.54) is 38.8 Å². The van der Waals surface area contributed by atoms with Crippen molar-refractivity contribution in [1.82, 2.24) is 10.2 Å². The maximum absolute atomic E-state index is 6.03. The van der Waals surface area contributed by atoms with Gasteiger partial charge in [-0.1, -0.05) is 6.42 Å². The summed E-state index contributed by atoms with van der Waals surface area (Å²) in [6, 6.07) is 0.656. The van der Waals surface area contributed by atoms with Crippen LogP contribution in [-0.4, -0.2) is 56.4 Å². The Balaban J connectivity index is 1.97. The molecule has 0 spiro atoms. The van der Waals surface area contributed by atoms with E-state index in [1.54, 1.807) is 7.11 Å². The van der Waals surface area contributed by atoms with E-state index in [9.17, 15) is 0 Å². The Morgan fingerprint density at radius 1 is 1.44 bits per heavy atom. The number of methoxy groups -OCH3 is 1. The third kappa shape index (κ3) is 2.25. The Kier molecular flexibility index (Phi) is 4.19. The highest BCUT2D eigenvalue weighted by molar-refractivity contribution is 5.07. The molecule has 2 fully saturated rings. The Bertz CT molecular complexity index is 224. The first kappa shape index (κ1) is 12.3. The summed E-state index contributed by atoms with van der Waals surface area (Å²) >= 11 is 0. The summed E-state index contributed by atoms with van der Waals surface area (Å²) in [5, 5.41) is 3.65. The summed E-state index contributed by atoms with van der Waals surface area (Å²) in [5.41, 5.74) is 6.18. The van der Waals surface area contributed by atoms with Gasteiger partial charge in [-0.15, -0.1) is 0 Å². The van der Waals surface area contributed by atoms with Crippen molar-refractivity contribution >= 4 is 0 Å². The first-order valence-corrected chi connectivity index (χ1v) is 6.50. The number of piperidine rings is 1. The lowest BCUT2D eigenvalue weighted by Crippen LogP contribution is -2.60. The molecule has 3 N–H and O–H groups in total. The number of hydrogen-bond acceptors (Lipinski definition) is 4. The SMILES string of the molecule is COCCNC1(CN)CCN2CCCCC21. The van der Waals surface area contributed by atoms with Gasteiger partial charge in [0.2, 0.25) is 0 Å². The highest BCUT2D eigenvalue weighted by Crippen LogP contribution is 2.34. The molecule has 2 heterocycles. The molecule has 16 heavy (non-hydrogen) atoms. The Morgan fingerprint density at radius 2 is 2.31 bits per heavy atom. The monoisotopic (exact) mass is 227 g/mol. The molecule has 0 aromatic heterocycles. The van der Waals surface area contributed by atoms with Crippen LogP contribution in [0.1, 0.15) is 25.7 Å². The minimum atomic E-state index is 0.152. The minimum Gasteiger partial charge on any atom is -0.383 e. The van der Waals surface area contributed by atoms with Crippen LogP contribution in [0.5, 0.6) is 0 Å². The molecule has 0 aliphatic carbocycles. The van der Waals surface area contributed by atoms with Crippen molar-refractivity contribution in [1.29, 1.82) is 0 Å². The number of nitrogens with zero attached hydrogens (tertiary/aromatic N) is 1. The molecule has 0 saturated carbocycles. The fraction of sp³-hybridized carbons (Fsp3) is 1.00. The molecule has 2 aliphatic heterocycles. The molecule has 94 valence electrons. The fourth-order valence-electron chi connectivity index (χ4n) is 3.31. The highest BCUT2D eigenvalue weighted by atomic mass is 16.5. The lowest BCUT2D eigenvalue weighted by atomic mass is 9.85. The van der Waals surface area contributed by atoms with Gasteiger partial charge in [0, 0.05) is 38.3 Å². The third-order valence-electron chi connectivity index (χ3n) is 4.24. The maximum atomic E-state index is 6.03. The van der Waals surface area contributed by atoms with Gasteiger partial charge in [0.05, 0.1) is 6.61 Å². The van der Waals surface area contributed by atoms with E-state index >= 15 is 0 Å². The first-order chi connectivity index (χ1) is 7.82. The quantitative estimate of drug-likeness (QED) is 0.658. The summed E-state index contributed by atoms with van der Waals surface area (Å²) < 4.78 is 5.11. The van der Waals surface area contributed by atoms with Crippen LogP contribution in [0.25, 0.3) is 0 Å². The van der Waals surface area contributed by atoms with Gasteiger partial charge in [-0.25, -0.2) is 0 Å². The second-order valence-electron chi connectivity index (χ2n) is 5.08. The Hall–Kier alpha value is -0.160. The standard InChI is InChI=1S/C12H25N3O/c1-16-9-6-14-12(10-13)5-8-15-7-3-2-4-11(12)15/h11,14H,2-10,13H2,1H3. The summed E-state index contributed by atoms with van der Waals surface area (Å²) in [6.45, 7) is 4.91. The Labute approximate surface area is 98.5 Å². The number of ether oxygens (including phenoxy) is 1. The zero-order chi connectivity index (χ0) is 11.4.